The Morgan fingerprint density at radius 1 is 0.909 bits per heavy atom. The van der Waals surface area contributed by atoms with Gasteiger partial charge in [0.1, 0.15) is 5.71 Å². The van der Waals surface area contributed by atoms with E-state index in [1.165, 1.54) is 26.2 Å². The average molecular weight is 481 g/mol. The minimum absolute atomic E-state index is 0.117. The van der Waals surface area contributed by atoms with E-state index in [-0.39, 0.29) is 21.5 Å². The number of aryl methyl sites for hydroxylation is 1. The van der Waals surface area contributed by atoms with Crippen LogP contribution in [0.2, 0.25) is 0 Å². The summed E-state index contributed by atoms with van der Waals surface area (Å²) in [4.78, 5) is 13.2. The van der Waals surface area contributed by atoms with Gasteiger partial charge in [-0.05, 0) is 36.8 Å². The number of Topliss-reactive ketones (excluding diaryl/α,β-unsaturated/α-hetero) is 1. The molecule has 9 heteroatoms. The number of anilines is 1. The first-order valence-corrected chi connectivity index (χ1v) is 11.9. The summed E-state index contributed by atoms with van der Waals surface area (Å²) in [5.74, 6) is -0.257. The summed E-state index contributed by atoms with van der Waals surface area (Å²) in [6.07, 6.45) is 0. The Bertz CT molecular complexity index is 1290. The van der Waals surface area contributed by atoms with Gasteiger partial charge in [0.2, 0.25) is 15.8 Å². The first-order chi connectivity index (χ1) is 15.7. The van der Waals surface area contributed by atoms with Crippen molar-refractivity contribution in [1.29, 1.82) is 0 Å². The third-order valence-corrected chi connectivity index (χ3v) is 6.81. The summed E-state index contributed by atoms with van der Waals surface area (Å²) >= 11 is 5.36. The number of ketones is 1. The Kier molecular flexibility index (Phi) is 7.70. The van der Waals surface area contributed by atoms with Crippen LogP contribution in [0, 0.1) is 6.92 Å². The normalized spacial score (nSPS) is 11.8. The Labute approximate surface area is 199 Å². The van der Waals surface area contributed by atoms with Crippen molar-refractivity contribution in [2.45, 2.75) is 11.8 Å². The van der Waals surface area contributed by atoms with Crippen molar-refractivity contribution in [1.82, 2.24) is 9.73 Å². The first kappa shape index (κ1) is 24.2. The number of hydrazone groups is 1. The van der Waals surface area contributed by atoms with Crippen molar-refractivity contribution in [2.75, 3.05) is 19.4 Å². The quantitative estimate of drug-likeness (QED) is 0.231. The molecule has 3 aromatic carbocycles. The van der Waals surface area contributed by atoms with E-state index in [4.69, 9.17) is 12.2 Å². The first-order valence-electron chi connectivity index (χ1n) is 10.0. The molecule has 0 aliphatic heterocycles. The van der Waals surface area contributed by atoms with Crippen molar-refractivity contribution in [3.8, 4) is 0 Å². The molecule has 0 fully saturated rings. The predicted molar refractivity (Wildman–Crippen MR) is 135 cm³/mol. The second kappa shape index (κ2) is 10.5. The molecule has 0 atom stereocenters. The number of nitrogens with one attached hydrogen (secondary N) is 2. The van der Waals surface area contributed by atoms with Crippen LogP contribution in [-0.4, -0.2) is 43.4 Å². The highest BCUT2D eigenvalue weighted by Crippen LogP contribution is 2.22. The molecule has 0 saturated heterocycles. The number of carbonyl (C=O) groups is 1. The summed E-state index contributed by atoms with van der Waals surface area (Å²) in [5.41, 5.74) is 5.36. The van der Waals surface area contributed by atoms with Crippen LogP contribution in [0.25, 0.3) is 0 Å². The van der Waals surface area contributed by atoms with Crippen LogP contribution < -0.4 is 10.7 Å². The van der Waals surface area contributed by atoms with Crippen LogP contribution in [0.4, 0.5) is 5.69 Å². The standard InChI is InChI=1S/C24H24N4O3S2/c1-17-14-15-20(33(30,31)28(2)3)16-21(17)25-24(32)27-26-22(18-10-6-4-7-11-18)23(29)19-12-8-5-9-13-19/h4-16H,1-3H3,(H2,25,27,32)/b26-22+. The number of sulfonamides is 1. The molecule has 2 N–H and O–H groups in total. The lowest BCUT2D eigenvalue weighted by atomic mass is 10.0. The molecule has 0 spiro atoms. The highest BCUT2D eigenvalue weighted by molar-refractivity contribution is 7.89. The van der Waals surface area contributed by atoms with E-state index in [9.17, 15) is 13.2 Å². The Morgan fingerprint density at radius 3 is 2.06 bits per heavy atom. The fourth-order valence-corrected chi connectivity index (χ4v) is 4.02. The maximum absolute atomic E-state index is 13.1. The minimum Gasteiger partial charge on any atom is -0.331 e. The van der Waals surface area contributed by atoms with Crippen LogP contribution in [0.1, 0.15) is 21.5 Å². The summed E-state index contributed by atoms with van der Waals surface area (Å²) < 4.78 is 26.0. The van der Waals surface area contributed by atoms with E-state index in [0.717, 1.165) is 9.87 Å². The van der Waals surface area contributed by atoms with E-state index in [1.54, 1.807) is 42.5 Å². The highest BCUT2D eigenvalue weighted by atomic mass is 32.2. The lowest BCUT2D eigenvalue weighted by Crippen LogP contribution is -2.28. The topological polar surface area (TPSA) is 90.9 Å². The number of benzene rings is 3. The summed E-state index contributed by atoms with van der Waals surface area (Å²) in [6, 6.07) is 22.7. The van der Waals surface area contributed by atoms with Crippen LogP contribution in [0.3, 0.4) is 0 Å². The second-order valence-corrected chi connectivity index (χ2v) is 9.91. The molecule has 33 heavy (non-hydrogen) atoms. The van der Waals surface area contributed by atoms with Gasteiger partial charge in [-0.15, -0.1) is 0 Å². The number of rotatable bonds is 7. The molecule has 0 unspecified atom stereocenters. The smallest absolute Gasteiger partial charge is 0.242 e. The summed E-state index contributed by atoms with van der Waals surface area (Å²) in [5, 5.41) is 7.37. The van der Waals surface area contributed by atoms with Gasteiger partial charge in [0.25, 0.3) is 0 Å². The molecule has 0 amide bonds. The molecule has 7 nitrogen and oxygen atoms in total. The molecule has 0 radical (unpaired) electrons. The van der Waals surface area contributed by atoms with Gasteiger partial charge in [0.05, 0.1) is 4.90 Å². The number of thiocarbonyl (C=S) groups is 1. The molecule has 0 bridgehead atoms. The van der Waals surface area contributed by atoms with Crippen molar-refractivity contribution >= 4 is 44.5 Å². The fourth-order valence-electron chi connectivity index (χ4n) is 2.93. The maximum Gasteiger partial charge on any atom is 0.242 e. The van der Waals surface area contributed by atoms with Gasteiger partial charge < -0.3 is 5.32 Å². The van der Waals surface area contributed by atoms with E-state index in [1.807, 2.05) is 31.2 Å². The van der Waals surface area contributed by atoms with Crippen LogP contribution in [0.15, 0.2) is 88.9 Å². The van der Waals surface area contributed by atoms with Crippen molar-refractivity contribution in [2.24, 2.45) is 5.10 Å². The van der Waals surface area contributed by atoms with Gasteiger partial charge in [0.15, 0.2) is 5.11 Å². The Balaban J connectivity index is 1.86. The Morgan fingerprint density at radius 2 is 1.48 bits per heavy atom. The molecule has 170 valence electrons. The van der Waals surface area contributed by atoms with Crippen molar-refractivity contribution < 1.29 is 13.2 Å². The predicted octanol–water partition coefficient (Wildman–Crippen LogP) is 3.82. The molecule has 0 aliphatic carbocycles. The van der Waals surface area contributed by atoms with Gasteiger partial charge in [-0.1, -0.05) is 66.7 Å². The highest BCUT2D eigenvalue weighted by Gasteiger charge is 2.19. The van der Waals surface area contributed by atoms with Crippen LogP contribution >= 0.6 is 12.2 Å². The van der Waals surface area contributed by atoms with E-state index in [0.29, 0.717) is 16.8 Å². The largest absolute Gasteiger partial charge is 0.331 e. The van der Waals surface area contributed by atoms with E-state index >= 15 is 0 Å². The molecule has 0 heterocycles. The molecular weight excluding hydrogens is 456 g/mol. The number of hydrogen-bond donors (Lipinski definition) is 2. The van der Waals surface area contributed by atoms with Gasteiger partial charge >= 0.3 is 0 Å². The third kappa shape index (κ3) is 5.89. The molecule has 3 aromatic rings. The number of nitrogens with zero attached hydrogens (tertiary/aromatic N) is 2. The zero-order valence-electron chi connectivity index (χ0n) is 18.4. The lowest BCUT2D eigenvalue weighted by Gasteiger charge is -2.15. The SMILES string of the molecule is Cc1ccc(S(=O)(=O)N(C)C)cc1NC(=S)N/N=C(/C(=O)c1ccccc1)c1ccccc1. The van der Waals surface area contributed by atoms with Gasteiger partial charge in [0, 0.05) is 30.9 Å². The maximum atomic E-state index is 13.1. The van der Waals surface area contributed by atoms with Crippen LogP contribution in [0.5, 0.6) is 0 Å². The monoisotopic (exact) mass is 480 g/mol. The molecular formula is C24H24N4O3S2. The van der Waals surface area contributed by atoms with Gasteiger partial charge in [-0.25, -0.2) is 12.7 Å². The average Bonchev–Trinajstić information content (AvgIpc) is 2.81. The van der Waals surface area contributed by atoms with E-state index < -0.39 is 10.0 Å². The van der Waals surface area contributed by atoms with Crippen molar-refractivity contribution in [3.05, 3.63) is 95.6 Å². The van der Waals surface area contributed by atoms with Gasteiger partial charge in [-0.3, -0.25) is 10.2 Å². The second-order valence-electron chi connectivity index (χ2n) is 7.35. The zero-order valence-corrected chi connectivity index (χ0v) is 20.1. The number of hydrogen-bond acceptors (Lipinski definition) is 5. The van der Waals surface area contributed by atoms with Crippen molar-refractivity contribution in [3.63, 3.8) is 0 Å². The summed E-state index contributed by atoms with van der Waals surface area (Å²) in [7, 11) is -0.658. The number of carbonyl (C=O) groups excluding carboxylic acids is 1. The zero-order chi connectivity index (χ0) is 24.0. The Hall–Kier alpha value is -3.40. The van der Waals surface area contributed by atoms with Crippen LogP contribution in [-0.2, 0) is 10.0 Å². The van der Waals surface area contributed by atoms with Gasteiger partial charge in [-0.2, -0.15) is 5.10 Å². The minimum atomic E-state index is -3.60. The van der Waals surface area contributed by atoms with E-state index in [2.05, 4.69) is 15.8 Å². The lowest BCUT2D eigenvalue weighted by molar-refractivity contribution is 0.106. The summed E-state index contributed by atoms with van der Waals surface area (Å²) in [6.45, 7) is 1.83. The molecule has 0 aromatic heterocycles. The molecule has 0 saturated carbocycles. The fraction of sp³-hybridized carbons (Fsp3) is 0.125. The molecule has 0 aliphatic rings. The molecule has 3 rings (SSSR count). The third-order valence-electron chi connectivity index (χ3n) is 4.80.